The highest BCUT2D eigenvalue weighted by Crippen LogP contribution is 2.18. The summed E-state index contributed by atoms with van der Waals surface area (Å²) in [7, 11) is -3.47. The van der Waals surface area contributed by atoms with Crippen LogP contribution in [0.4, 0.5) is 0 Å². The number of hydrogen-bond acceptors (Lipinski definition) is 7. The van der Waals surface area contributed by atoms with E-state index in [1.54, 1.807) is 36.4 Å². The number of piperazine rings is 1. The highest BCUT2D eigenvalue weighted by atomic mass is 32.2. The number of carbonyl (C=O) groups excluding carboxylic acids is 1. The van der Waals surface area contributed by atoms with Crippen LogP contribution in [0.2, 0.25) is 0 Å². The minimum absolute atomic E-state index is 0.0881. The largest absolute Gasteiger partial charge is 0.473 e. The number of furan rings is 1. The van der Waals surface area contributed by atoms with Crippen molar-refractivity contribution < 1.29 is 37.4 Å². The fraction of sp³-hybridized carbons (Fsp3) is 0.316. The minimum atomic E-state index is -3.47. The number of hydrogen-bond donors (Lipinski definition) is 2. The maximum atomic E-state index is 12.6. The van der Waals surface area contributed by atoms with Crippen molar-refractivity contribution in [2.75, 3.05) is 32.7 Å². The van der Waals surface area contributed by atoms with Crippen LogP contribution in [0.15, 0.2) is 52.0 Å². The Morgan fingerprint density at radius 1 is 0.967 bits per heavy atom. The average molecular weight is 438 g/mol. The molecule has 0 bridgehead atoms. The zero-order chi connectivity index (χ0) is 22.3. The maximum absolute atomic E-state index is 12.6. The van der Waals surface area contributed by atoms with Crippen molar-refractivity contribution in [1.82, 2.24) is 9.21 Å². The highest BCUT2D eigenvalue weighted by molar-refractivity contribution is 7.89. The van der Waals surface area contributed by atoms with E-state index in [-0.39, 0.29) is 12.3 Å². The highest BCUT2D eigenvalue weighted by Gasteiger charge is 2.29. The van der Waals surface area contributed by atoms with Gasteiger partial charge in [0.25, 0.3) is 0 Å². The molecular formula is C19H22N2O8S. The van der Waals surface area contributed by atoms with Gasteiger partial charge in [0.05, 0.1) is 17.7 Å². The topological polar surface area (TPSA) is 145 Å². The van der Waals surface area contributed by atoms with Crippen LogP contribution in [0.3, 0.4) is 0 Å². The van der Waals surface area contributed by atoms with Crippen molar-refractivity contribution in [3.63, 3.8) is 0 Å². The molecular weight excluding hydrogens is 416 g/mol. The standard InChI is InChI=1S/C17H20N2O4S.C2H2O4/c1-14-4-6-15(7-5-14)24(21,22)19-10-8-18(9-11-19)13-16(20)17-3-2-12-23-17;3-1(4)2(5)6/h2-7,12H,8-11,13H2,1H3;(H,3,4)(H,5,6). The first kappa shape index (κ1) is 23.3. The molecule has 1 aromatic carbocycles. The molecule has 1 saturated heterocycles. The lowest BCUT2D eigenvalue weighted by Crippen LogP contribution is -2.49. The third-order valence-electron chi connectivity index (χ3n) is 4.34. The van der Waals surface area contributed by atoms with E-state index in [0.717, 1.165) is 5.56 Å². The van der Waals surface area contributed by atoms with E-state index in [2.05, 4.69) is 0 Å². The summed E-state index contributed by atoms with van der Waals surface area (Å²) in [5, 5.41) is 14.8. The third-order valence-corrected chi connectivity index (χ3v) is 6.25. The van der Waals surface area contributed by atoms with Gasteiger partial charge in [-0.25, -0.2) is 18.0 Å². The van der Waals surface area contributed by atoms with Crippen molar-refractivity contribution >= 4 is 27.7 Å². The van der Waals surface area contributed by atoms with Gasteiger partial charge in [0, 0.05) is 26.2 Å². The maximum Gasteiger partial charge on any atom is 0.414 e. The molecule has 162 valence electrons. The van der Waals surface area contributed by atoms with Gasteiger partial charge in [0.2, 0.25) is 15.8 Å². The van der Waals surface area contributed by atoms with Gasteiger partial charge >= 0.3 is 11.9 Å². The predicted octanol–water partition coefficient (Wildman–Crippen LogP) is 0.933. The minimum Gasteiger partial charge on any atom is -0.473 e. The van der Waals surface area contributed by atoms with E-state index in [1.165, 1.54) is 10.6 Å². The van der Waals surface area contributed by atoms with Crippen LogP contribution in [0.5, 0.6) is 0 Å². The molecule has 0 radical (unpaired) electrons. The molecule has 0 spiro atoms. The van der Waals surface area contributed by atoms with Crippen LogP contribution < -0.4 is 0 Å². The van der Waals surface area contributed by atoms with Crippen molar-refractivity contribution in [2.45, 2.75) is 11.8 Å². The van der Waals surface area contributed by atoms with E-state index < -0.39 is 22.0 Å². The molecule has 3 rings (SSSR count). The Morgan fingerprint density at radius 3 is 2.00 bits per heavy atom. The van der Waals surface area contributed by atoms with E-state index in [4.69, 9.17) is 24.2 Å². The molecule has 1 aliphatic rings. The first-order valence-corrected chi connectivity index (χ1v) is 10.4. The summed E-state index contributed by atoms with van der Waals surface area (Å²) in [4.78, 5) is 32.5. The Morgan fingerprint density at radius 2 is 1.53 bits per heavy atom. The van der Waals surface area contributed by atoms with E-state index in [1.807, 2.05) is 11.8 Å². The molecule has 0 aliphatic carbocycles. The molecule has 0 amide bonds. The Balaban J connectivity index is 0.000000469. The molecule has 2 N–H and O–H groups in total. The van der Waals surface area contributed by atoms with E-state index in [0.29, 0.717) is 36.8 Å². The third kappa shape index (κ3) is 6.24. The van der Waals surface area contributed by atoms with Gasteiger partial charge in [-0.05, 0) is 31.2 Å². The first-order chi connectivity index (χ1) is 14.1. The quantitative estimate of drug-likeness (QED) is 0.514. The summed E-state index contributed by atoms with van der Waals surface area (Å²) in [5.41, 5.74) is 1.02. The van der Waals surface area contributed by atoms with Crippen LogP contribution in [-0.4, -0.2) is 78.3 Å². The fourth-order valence-electron chi connectivity index (χ4n) is 2.71. The molecule has 1 aliphatic heterocycles. The molecule has 11 heteroatoms. The molecule has 10 nitrogen and oxygen atoms in total. The Hall–Kier alpha value is -3.02. The Bertz CT molecular complexity index is 964. The second-order valence-corrected chi connectivity index (χ2v) is 8.44. The number of ketones is 1. The van der Waals surface area contributed by atoms with Gasteiger partial charge in [-0.15, -0.1) is 0 Å². The van der Waals surface area contributed by atoms with E-state index in [9.17, 15) is 13.2 Å². The lowest BCUT2D eigenvalue weighted by Gasteiger charge is -2.33. The smallest absolute Gasteiger partial charge is 0.414 e. The summed E-state index contributed by atoms with van der Waals surface area (Å²) in [6.45, 7) is 3.97. The molecule has 1 fully saturated rings. The average Bonchev–Trinajstić information content (AvgIpc) is 3.24. The van der Waals surface area contributed by atoms with E-state index >= 15 is 0 Å². The molecule has 30 heavy (non-hydrogen) atoms. The van der Waals surface area contributed by atoms with Crippen LogP contribution in [0.1, 0.15) is 16.1 Å². The van der Waals surface area contributed by atoms with Crippen molar-refractivity contribution in [2.24, 2.45) is 0 Å². The number of nitrogens with zero attached hydrogens (tertiary/aromatic N) is 2. The molecule has 0 unspecified atom stereocenters. The fourth-order valence-corrected chi connectivity index (χ4v) is 4.13. The zero-order valence-corrected chi connectivity index (χ0v) is 17.0. The summed E-state index contributed by atoms with van der Waals surface area (Å²) < 4.78 is 31.9. The number of carboxylic acids is 2. The number of carbonyl (C=O) groups is 3. The zero-order valence-electron chi connectivity index (χ0n) is 16.2. The molecule has 0 saturated carbocycles. The second-order valence-electron chi connectivity index (χ2n) is 6.50. The Labute approximate surface area is 173 Å². The van der Waals surface area contributed by atoms with Gasteiger partial charge in [-0.2, -0.15) is 4.31 Å². The summed E-state index contributed by atoms with van der Waals surface area (Å²) in [6.07, 6.45) is 1.47. The summed E-state index contributed by atoms with van der Waals surface area (Å²) in [6, 6.07) is 10.2. The van der Waals surface area contributed by atoms with Crippen molar-refractivity contribution in [3.8, 4) is 0 Å². The second kappa shape index (κ2) is 10.1. The van der Waals surface area contributed by atoms with Crippen LogP contribution in [0.25, 0.3) is 0 Å². The van der Waals surface area contributed by atoms with Gasteiger partial charge < -0.3 is 14.6 Å². The molecule has 2 heterocycles. The number of carboxylic acid groups (broad SMARTS) is 2. The monoisotopic (exact) mass is 438 g/mol. The van der Waals surface area contributed by atoms with Crippen LogP contribution in [-0.2, 0) is 19.6 Å². The predicted molar refractivity (Wildman–Crippen MR) is 105 cm³/mol. The van der Waals surface area contributed by atoms with Crippen molar-refractivity contribution in [1.29, 1.82) is 0 Å². The number of benzene rings is 1. The van der Waals surface area contributed by atoms with Crippen LogP contribution >= 0.6 is 0 Å². The normalized spacial score (nSPS) is 15.1. The SMILES string of the molecule is Cc1ccc(S(=O)(=O)N2CCN(CC(=O)c3ccco3)CC2)cc1.O=C(O)C(=O)O. The lowest BCUT2D eigenvalue weighted by atomic mass is 10.2. The van der Waals surface area contributed by atoms with Gasteiger partial charge in [0.1, 0.15) is 0 Å². The summed E-state index contributed by atoms with van der Waals surface area (Å²) in [5.74, 6) is -3.40. The van der Waals surface area contributed by atoms with Gasteiger partial charge in [0.15, 0.2) is 5.76 Å². The summed E-state index contributed by atoms with van der Waals surface area (Å²) >= 11 is 0. The Kier molecular flexibility index (Phi) is 7.86. The first-order valence-electron chi connectivity index (χ1n) is 8.93. The van der Waals surface area contributed by atoms with Crippen molar-refractivity contribution in [3.05, 3.63) is 54.0 Å². The lowest BCUT2D eigenvalue weighted by molar-refractivity contribution is -0.159. The number of sulfonamides is 1. The molecule has 1 aromatic heterocycles. The number of aliphatic carboxylic acids is 2. The number of Topliss-reactive ketones (excluding diaryl/α,β-unsaturated/α-hetero) is 1. The van der Waals surface area contributed by atoms with Crippen LogP contribution in [0, 0.1) is 6.92 Å². The number of rotatable bonds is 5. The van der Waals surface area contributed by atoms with Gasteiger partial charge in [-0.3, -0.25) is 9.69 Å². The molecule has 0 atom stereocenters. The van der Waals surface area contributed by atoms with Gasteiger partial charge in [-0.1, -0.05) is 17.7 Å². The number of aryl methyl sites for hydroxylation is 1. The molecule has 2 aromatic rings.